The number of hydrogen-bond donors (Lipinski definition) is 0. The molecular formula is C30H38FN3O4. The van der Waals surface area contributed by atoms with Crippen LogP contribution >= 0.6 is 0 Å². The first-order chi connectivity index (χ1) is 18.5. The Hall–Kier alpha value is -2.97. The SMILES string of the molecule is CC[C@@H](Oc1ccc2c(c1)[C@@H](c1ccc(F)cc1)N(C(=O)C1CC1)CC2)C(=O)N1CCN(CCOC)CC1. The summed E-state index contributed by atoms with van der Waals surface area (Å²) in [5, 5.41) is 0. The average molecular weight is 524 g/mol. The summed E-state index contributed by atoms with van der Waals surface area (Å²) in [7, 11) is 1.70. The predicted octanol–water partition coefficient (Wildman–Crippen LogP) is 3.66. The number of rotatable bonds is 9. The van der Waals surface area contributed by atoms with Crippen molar-refractivity contribution in [3.05, 3.63) is 65.0 Å². The first kappa shape index (κ1) is 26.6. The zero-order valence-corrected chi connectivity index (χ0v) is 22.4. The fraction of sp³-hybridized carbons (Fsp3) is 0.533. The predicted molar refractivity (Wildman–Crippen MR) is 142 cm³/mol. The fourth-order valence-corrected chi connectivity index (χ4v) is 5.56. The van der Waals surface area contributed by atoms with Crippen LogP contribution in [0, 0.1) is 11.7 Å². The molecule has 2 atom stereocenters. The minimum atomic E-state index is -0.573. The Morgan fingerprint density at radius 2 is 1.76 bits per heavy atom. The number of halogens is 1. The number of fused-ring (bicyclic) bond motifs is 1. The van der Waals surface area contributed by atoms with Gasteiger partial charge in [0.1, 0.15) is 11.6 Å². The van der Waals surface area contributed by atoms with Crippen molar-refractivity contribution in [1.29, 1.82) is 0 Å². The quantitative estimate of drug-likeness (QED) is 0.502. The molecule has 1 saturated carbocycles. The van der Waals surface area contributed by atoms with E-state index in [1.54, 1.807) is 19.2 Å². The molecule has 38 heavy (non-hydrogen) atoms. The first-order valence-corrected chi connectivity index (χ1v) is 13.8. The maximum Gasteiger partial charge on any atom is 0.263 e. The van der Waals surface area contributed by atoms with Crippen molar-refractivity contribution in [3.63, 3.8) is 0 Å². The van der Waals surface area contributed by atoms with Crippen LogP contribution in [-0.2, 0) is 20.7 Å². The van der Waals surface area contributed by atoms with Crippen molar-refractivity contribution in [2.24, 2.45) is 5.92 Å². The van der Waals surface area contributed by atoms with Gasteiger partial charge in [-0.1, -0.05) is 25.1 Å². The fourth-order valence-electron chi connectivity index (χ4n) is 5.56. The maximum absolute atomic E-state index is 13.8. The summed E-state index contributed by atoms with van der Waals surface area (Å²) >= 11 is 0. The monoisotopic (exact) mass is 523 g/mol. The molecule has 3 aliphatic rings. The molecule has 0 radical (unpaired) electrons. The standard InChI is InChI=1S/C30H38FN3O4/c1-3-27(30(36)33-16-14-32(15-17-33)18-19-37-2)38-25-11-8-21-12-13-34(29(35)23-4-5-23)28(26(21)20-25)22-6-9-24(31)10-7-22/h6-11,20,23,27-28H,3-5,12-19H2,1-2H3/t27-,28-/m1/s1. The maximum atomic E-state index is 13.8. The Labute approximate surface area is 224 Å². The molecule has 2 aliphatic heterocycles. The van der Waals surface area contributed by atoms with E-state index in [1.807, 2.05) is 34.9 Å². The molecule has 0 unspecified atom stereocenters. The summed E-state index contributed by atoms with van der Waals surface area (Å²) in [6, 6.07) is 12.1. The van der Waals surface area contributed by atoms with Gasteiger partial charge in [-0.15, -0.1) is 0 Å². The number of piperazine rings is 1. The van der Waals surface area contributed by atoms with Crippen molar-refractivity contribution >= 4 is 11.8 Å². The van der Waals surface area contributed by atoms with Crippen molar-refractivity contribution in [1.82, 2.24) is 14.7 Å². The third-order valence-electron chi connectivity index (χ3n) is 7.96. The molecule has 0 N–H and O–H groups in total. The van der Waals surface area contributed by atoms with Crippen LogP contribution in [0.1, 0.15) is 48.9 Å². The van der Waals surface area contributed by atoms with E-state index in [0.717, 1.165) is 55.6 Å². The summed E-state index contributed by atoms with van der Waals surface area (Å²) in [6.45, 7) is 7.18. The normalized spacial score (nSPS) is 20.7. The van der Waals surface area contributed by atoms with E-state index in [1.165, 1.54) is 12.1 Å². The lowest BCUT2D eigenvalue weighted by Gasteiger charge is -2.38. The highest BCUT2D eigenvalue weighted by Gasteiger charge is 2.40. The Morgan fingerprint density at radius 3 is 2.42 bits per heavy atom. The van der Waals surface area contributed by atoms with Gasteiger partial charge in [0.25, 0.3) is 5.91 Å². The summed E-state index contributed by atoms with van der Waals surface area (Å²) in [5.74, 6) is 0.594. The van der Waals surface area contributed by atoms with Crippen LogP contribution in [0.25, 0.3) is 0 Å². The highest BCUT2D eigenvalue weighted by molar-refractivity contribution is 5.83. The van der Waals surface area contributed by atoms with Crippen LogP contribution in [0.2, 0.25) is 0 Å². The van der Waals surface area contributed by atoms with E-state index in [4.69, 9.17) is 9.47 Å². The minimum Gasteiger partial charge on any atom is -0.481 e. The second-order valence-corrected chi connectivity index (χ2v) is 10.5. The number of nitrogens with zero attached hydrogens (tertiary/aromatic N) is 3. The van der Waals surface area contributed by atoms with Gasteiger partial charge in [0.2, 0.25) is 5.91 Å². The molecule has 2 aromatic rings. The molecule has 1 saturated heterocycles. The van der Waals surface area contributed by atoms with Crippen LogP contribution in [0.4, 0.5) is 4.39 Å². The van der Waals surface area contributed by atoms with Gasteiger partial charge in [0.05, 0.1) is 12.6 Å². The molecule has 0 aromatic heterocycles. The third kappa shape index (κ3) is 5.86. The van der Waals surface area contributed by atoms with E-state index >= 15 is 0 Å². The van der Waals surface area contributed by atoms with Crippen LogP contribution in [0.15, 0.2) is 42.5 Å². The molecule has 204 valence electrons. The first-order valence-electron chi connectivity index (χ1n) is 13.8. The molecule has 2 fully saturated rings. The second kappa shape index (κ2) is 11.8. The lowest BCUT2D eigenvalue weighted by Crippen LogP contribution is -2.52. The summed E-state index contributed by atoms with van der Waals surface area (Å²) < 4.78 is 25.2. The molecular weight excluding hydrogens is 485 g/mol. The van der Waals surface area contributed by atoms with Crippen LogP contribution in [0.3, 0.4) is 0 Å². The van der Waals surface area contributed by atoms with Crippen molar-refractivity contribution in [3.8, 4) is 5.75 Å². The van der Waals surface area contributed by atoms with Gasteiger partial charge in [0, 0.05) is 52.3 Å². The average Bonchev–Trinajstić information content (AvgIpc) is 3.80. The highest BCUT2D eigenvalue weighted by Crippen LogP contribution is 2.41. The lowest BCUT2D eigenvalue weighted by molar-refractivity contribution is -0.140. The zero-order chi connectivity index (χ0) is 26.6. The van der Waals surface area contributed by atoms with Gasteiger partial charge in [-0.25, -0.2) is 4.39 Å². The van der Waals surface area contributed by atoms with Crippen LogP contribution in [-0.4, -0.2) is 85.6 Å². The van der Waals surface area contributed by atoms with E-state index in [-0.39, 0.29) is 29.6 Å². The zero-order valence-electron chi connectivity index (χ0n) is 22.4. The molecule has 0 bridgehead atoms. The Bertz CT molecular complexity index is 1130. The van der Waals surface area contributed by atoms with E-state index < -0.39 is 6.10 Å². The Morgan fingerprint density at radius 1 is 1.03 bits per heavy atom. The molecule has 5 rings (SSSR count). The molecule has 0 spiro atoms. The summed E-state index contributed by atoms with van der Waals surface area (Å²) in [5.41, 5.74) is 3.02. The van der Waals surface area contributed by atoms with Gasteiger partial charge in [0.15, 0.2) is 6.10 Å². The number of ether oxygens (including phenoxy) is 2. The number of carbonyl (C=O) groups excluding carboxylic acids is 2. The van der Waals surface area contributed by atoms with Gasteiger partial charge in [-0.05, 0) is 66.6 Å². The summed E-state index contributed by atoms with van der Waals surface area (Å²) in [6.07, 6.45) is 2.61. The van der Waals surface area contributed by atoms with Gasteiger partial charge in [-0.3, -0.25) is 14.5 Å². The summed E-state index contributed by atoms with van der Waals surface area (Å²) in [4.78, 5) is 32.7. The number of hydrogen-bond acceptors (Lipinski definition) is 5. The largest absolute Gasteiger partial charge is 0.481 e. The Kier molecular flexibility index (Phi) is 8.29. The van der Waals surface area contributed by atoms with Gasteiger partial charge < -0.3 is 19.3 Å². The molecule has 8 heteroatoms. The smallest absolute Gasteiger partial charge is 0.263 e. The third-order valence-corrected chi connectivity index (χ3v) is 7.96. The number of amides is 2. The van der Waals surface area contributed by atoms with Crippen LogP contribution < -0.4 is 4.74 Å². The number of benzene rings is 2. The van der Waals surface area contributed by atoms with Gasteiger partial charge in [-0.2, -0.15) is 0 Å². The topological polar surface area (TPSA) is 62.3 Å². The second-order valence-electron chi connectivity index (χ2n) is 10.5. The number of carbonyl (C=O) groups is 2. The molecule has 2 heterocycles. The van der Waals surface area contributed by atoms with Crippen molar-refractivity contribution < 1.29 is 23.5 Å². The van der Waals surface area contributed by atoms with E-state index in [9.17, 15) is 14.0 Å². The van der Waals surface area contributed by atoms with Crippen molar-refractivity contribution in [2.75, 3.05) is 53.0 Å². The number of methoxy groups -OCH3 is 1. The van der Waals surface area contributed by atoms with Crippen molar-refractivity contribution in [2.45, 2.75) is 44.8 Å². The lowest BCUT2D eigenvalue weighted by atomic mass is 9.87. The highest BCUT2D eigenvalue weighted by atomic mass is 19.1. The van der Waals surface area contributed by atoms with E-state index in [2.05, 4.69) is 4.90 Å². The molecule has 7 nitrogen and oxygen atoms in total. The van der Waals surface area contributed by atoms with E-state index in [0.29, 0.717) is 38.4 Å². The molecule has 2 aromatic carbocycles. The van der Waals surface area contributed by atoms with Crippen LogP contribution in [0.5, 0.6) is 5.75 Å². The molecule has 1 aliphatic carbocycles. The molecule has 2 amide bonds. The minimum absolute atomic E-state index is 0.0113. The van der Waals surface area contributed by atoms with Gasteiger partial charge >= 0.3 is 0 Å². The Balaban J connectivity index is 1.34.